The fraction of sp³-hybridized carbons (Fsp3) is 0.500. The Morgan fingerprint density at radius 1 is 1.19 bits per heavy atom. The Kier molecular flexibility index (Phi) is 3.35. The number of amides is 2. The van der Waals surface area contributed by atoms with Gasteiger partial charge in [0, 0.05) is 5.56 Å². The molecule has 8 heteroatoms. The summed E-state index contributed by atoms with van der Waals surface area (Å²) in [6.45, 7) is 2.12. The van der Waals surface area contributed by atoms with E-state index >= 15 is 0 Å². The molecular weight excluding hydrogens is 343 g/mol. The van der Waals surface area contributed by atoms with Crippen molar-refractivity contribution in [1.82, 2.24) is 0 Å². The molecule has 2 amide bonds. The molecule has 3 heterocycles. The van der Waals surface area contributed by atoms with Crippen LogP contribution in [0.15, 0.2) is 18.2 Å². The first kappa shape index (κ1) is 17.1. The number of aliphatic hydroxyl groups excluding tert-OH is 2. The van der Waals surface area contributed by atoms with E-state index in [1.165, 1.54) is 32.0 Å². The Morgan fingerprint density at radius 2 is 1.73 bits per heavy atom. The number of imide groups is 1. The second kappa shape index (κ2) is 5.10. The highest BCUT2D eigenvalue weighted by atomic mass is 19.1. The topological polar surface area (TPSA) is 111 Å². The van der Waals surface area contributed by atoms with Crippen LogP contribution < -0.4 is 4.90 Å². The molecule has 3 aliphatic heterocycles. The summed E-state index contributed by atoms with van der Waals surface area (Å²) >= 11 is 0. The van der Waals surface area contributed by atoms with Crippen LogP contribution in [-0.2, 0) is 21.0 Å². The SMILES string of the molecule is CC12OC(C)([C@H](O)[C@@H]1O)[C@H]1C(=O)N(c3ccc(C#N)c(CF)c3)C(=O)[C@H]12. The molecule has 7 nitrogen and oxygen atoms in total. The highest BCUT2D eigenvalue weighted by molar-refractivity contribution is 6.23. The molecule has 136 valence electrons. The Bertz CT molecular complexity index is 845. The third-order valence-corrected chi connectivity index (χ3v) is 6.07. The van der Waals surface area contributed by atoms with Crippen molar-refractivity contribution in [2.75, 3.05) is 4.90 Å². The number of nitrogens with zero attached hydrogens (tertiary/aromatic N) is 2. The maximum absolute atomic E-state index is 13.2. The molecule has 0 radical (unpaired) electrons. The molecule has 26 heavy (non-hydrogen) atoms. The molecular formula is C18H17FN2O5. The van der Waals surface area contributed by atoms with Gasteiger partial charge < -0.3 is 14.9 Å². The van der Waals surface area contributed by atoms with E-state index in [4.69, 9.17) is 10.00 Å². The largest absolute Gasteiger partial charge is 0.387 e. The van der Waals surface area contributed by atoms with Gasteiger partial charge in [-0.3, -0.25) is 9.59 Å². The van der Waals surface area contributed by atoms with Gasteiger partial charge in [0.1, 0.15) is 30.1 Å². The number of benzene rings is 1. The van der Waals surface area contributed by atoms with Gasteiger partial charge in [0.25, 0.3) is 0 Å². The normalized spacial score (nSPS) is 40.8. The average molecular weight is 360 g/mol. The molecule has 1 aromatic rings. The maximum Gasteiger partial charge on any atom is 0.240 e. The van der Waals surface area contributed by atoms with Gasteiger partial charge in [0.2, 0.25) is 11.8 Å². The number of alkyl halides is 1. The zero-order valence-electron chi connectivity index (χ0n) is 14.1. The molecule has 3 fully saturated rings. The van der Waals surface area contributed by atoms with Crippen LogP contribution in [0.25, 0.3) is 0 Å². The van der Waals surface area contributed by atoms with E-state index < -0.39 is 53.7 Å². The Morgan fingerprint density at radius 3 is 2.19 bits per heavy atom. The van der Waals surface area contributed by atoms with Crippen LogP contribution in [0.3, 0.4) is 0 Å². The van der Waals surface area contributed by atoms with E-state index in [1.54, 1.807) is 0 Å². The Hall–Kier alpha value is -2.34. The number of carbonyl (C=O) groups excluding carboxylic acids is 2. The summed E-state index contributed by atoms with van der Waals surface area (Å²) in [6.07, 6.45) is -2.60. The third kappa shape index (κ3) is 1.75. The summed E-state index contributed by atoms with van der Waals surface area (Å²) in [7, 11) is 0. The van der Waals surface area contributed by atoms with Gasteiger partial charge in [-0.05, 0) is 32.0 Å². The van der Waals surface area contributed by atoms with Crippen LogP contribution in [0.2, 0.25) is 0 Å². The standard InChI is InChI=1S/C18H17FN2O5/c1-17-11-12(18(2,26-17)14(23)13(17)22)16(25)21(15(11)24)10-4-3-8(7-20)9(5-10)6-19/h3-5,11-14,22-23H,6H2,1-2H3/t11-,12+,13-,14+,17?,18?. The molecule has 3 saturated heterocycles. The lowest BCUT2D eigenvalue weighted by Gasteiger charge is -2.35. The van der Waals surface area contributed by atoms with Gasteiger partial charge in [-0.15, -0.1) is 0 Å². The number of halogens is 1. The summed E-state index contributed by atoms with van der Waals surface area (Å²) in [5, 5.41) is 29.7. The van der Waals surface area contributed by atoms with E-state index in [2.05, 4.69) is 0 Å². The van der Waals surface area contributed by atoms with E-state index in [1.807, 2.05) is 6.07 Å². The predicted molar refractivity (Wildman–Crippen MR) is 85.4 cm³/mol. The minimum atomic E-state index is -1.38. The van der Waals surface area contributed by atoms with E-state index in [-0.39, 0.29) is 16.8 Å². The number of ether oxygens (including phenoxy) is 1. The van der Waals surface area contributed by atoms with Crippen LogP contribution >= 0.6 is 0 Å². The fourth-order valence-corrected chi connectivity index (χ4v) is 4.73. The average Bonchev–Trinajstić information content (AvgIpc) is 3.11. The second-order valence-corrected chi connectivity index (χ2v) is 7.41. The molecule has 0 aliphatic carbocycles. The van der Waals surface area contributed by atoms with Gasteiger partial charge >= 0.3 is 0 Å². The first-order valence-electron chi connectivity index (χ1n) is 8.23. The summed E-state index contributed by atoms with van der Waals surface area (Å²) in [5.74, 6) is -3.01. The number of nitriles is 1. The molecule has 2 N–H and O–H groups in total. The van der Waals surface area contributed by atoms with Crippen LogP contribution in [-0.4, -0.2) is 45.4 Å². The highest BCUT2D eigenvalue weighted by Gasteiger charge is 2.79. The number of hydrogen-bond donors (Lipinski definition) is 2. The maximum atomic E-state index is 13.2. The van der Waals surface area contributed by atoms with Crippen LogP contribution in [0, 0.1) is 23.2 Å². The van der Waals surface area contributed by atoms with Gasteiger partial charge in [-0.25, -0.2) is 9.29 Å². The number of rotatable bonds is 2. The summed E-state index contributed by atoms with van der Waals surface area (Å²) in [5.41, 5.74) is -2.38. The molecule has 2 unspecified atom stereocenters. The van der Waals surface area contributed by atoms with Gasteiger partial charge in [0.05, 0.1) is 29.2 Å². The number of carbonyl (C=O) groups is 2. The fourth-order valence-electron chi connectivity index (χ4n) is 4.73. The lowest BCUT2D eigenvalue weighted by atomic mass is 9.66. The zero-order valence-corrected chi connectivity index (χ0v) is 14.1. The number of hydrogen-bond acceptors (Lipinski definition) is 6. The molecule has 2 bridgehead atoms. The first-order valence-corrected chi connectivity index (χ1v) is 8.23. The van der Waals surface area contributed by atoms with Crippen molar-refractivity contribution in [2.24, 2.45) is 11.8 Å². The number of aliphatic hydroxyl groups is 2. The van der Waals surface area contributed by atoms with E-state index in [0.717, 1.165) is 4.90 Å². The minimum Gasteiger partial charge on any atom is -0.387 e. The number of fused-ring (bicyclic) bond motifs is 5. The predicted octanol–water partition coefficient (Wildman–Crippen LogP) is 0.416. The van der Waals surface area contributed by atoms with Crippen LogP contribution in [0.1, 0.15) is 25.0 Å². The van der Waals surface area contributed by atoms with Crippen molar-refractivity contribution in [1.29, 1.82) is 5.26 Å². The molecule has 0 aromatic heterocycles. The Balaban J connectivity index is 1.80. The second-order valence-electron chi connectivity index (χ2n) is 7.41. The zero-order chi connectivity index (χ0) is 19.0. The van der Waals surface area contributed by atoms with E-state index in [0.29, 0.717) is 0 Å². The first-order chi connectivity index (χ1) is 12.2. The summed E-state index contributed by atoms with van der Waals surface area (Å²) in [6, 6.07) is 5.93. The smallest absolute Gasteiger partial charge is 0.240 e. The van der Waals surface area contributed by atoms with E-state index in [9.17, 15) is 24.2 Å². The van der Waals surface area contributed by atoms with Gasteiger partial charge in [0.15, 0.2) is 0 Å². The third-order valence-electron chi connectivity index (χ3n) is 6.07. The monoisotopic (exact) mass is 360 g/mol. The molecule has 0 spiro atoms. The van der Waals surface area contributed by atoms with Crippen molar-refractivity contribution < 1.29 is 28.9 Å². The summed E-state index contributed by atoms with van der Waals surface area (Å²) < 4.78 is 19.0. The van der Waals surface area contributed by atoms with Crippen LogP contribution in [0.4, 0.5) is 10.1 Å². The van der Waals surface area contributed by atoms with Crippen molar-refractivity contribution in [3.8, 4) is 6.07 Å². The van der Waals surface area contributed by atoms with Crippen LogP contribution in [0.5, 0.6) is 0 Å². The lowest BCUT2D eigenvalue weighted by Crippen LogP contribution is -2.57. The summed E-state index contributed by atoms with van der Waals surface area (Å²) in [4.78, 5) is 27.0. The highest BCUT2D eigenvalue weighted by Crippen LogP contribution is 2.61. The van der Waals surface area contributed by atoms with Gasteiger partial charge in [-0.2, -0.15) is 5.26 Å². The van der Waals surface area contributed by atoms with Crippen molar-refractivity contribution in [2.45, 2.75) is 43.9 Å². The van der Waals surface area contributed by atoms with Crippen molar-refractivity contribution >= 4 is 17.5 Å². The van der Waals surface area contributed by atoms with Crippen molar-refractivity contribution in [3.05, 3.63) is 29.3 Å². The molecule has 1 aromatic carbocycles. The molecule has 0 saturated carbocycles. The molecule has 6 atom stereocenters. The molecule has 4 rings (SSSR count). The minimum absolute atomic E-state index is 0.0828. The van der Waals surface area contributed by atoms with Crippen molar-refractivity contribution in [3.63, 3.8) is 0 Å². The lowest BCUT2D eigenvalue weighted by molar-refractivity contribution is -0.132. The molecule has 3 aliphatic rings. The van der Waals surface area contributed by atoms with Gasteiger partial charge in [-0.1, -0.05) is 0 Å². The Labute approximate surface area is 148 Å². The number of anilines is 1. The quantitative estimate of drug-likeness (QED) is 0.740.